The van der Waals surface area contributed by atoms with Crippen molar-refractivity contribution < 1.29 is 9.90 Å². The molecular formula is C24H29Cl2NO2S. The minimum Gasteiger partial charge on any atom is -0.507 e. The largest absolute Gasteiger partial charge is 0.507 e. The monoisotopic (exact) mass is 465 g/mol. The topological polar surface area (TPSA) is 40.5 Å². The number of hydrogen-bond acceptors (Lipinski definition) is 4. The summed E-state index contributed by atoms with van der Waals surface area (Å²) in [5.41, 5.74) is 1.92. The Morgan fingerprint density at radius 2 is 1.60 bits per heavy atom. The normalized spacial score (nSPS) is 16.3. The zero-order valence-electron chi connectivity index (χ0n) is 17.3. The van der Waals surface area contributed by atoms with Crippen molar-refractivity contribution in [1.29, 1.82) is 0 Å². The van der Waals surface area contributed by atoms with Crippen LogP contribution in [0.5, 0.6) is 5.75 Å². The molecule has 30 heavy (non-hydrogen) atoms. The third-order valence-corrected chi connectivity index (χ3v) is 6.86. The quantitative estimate of drug-likeness (QED) is 0.235. The lowest BCUT2D eigenvalue weighted by molar-refractivity contribution is -0.109. The summed E-state index contributed by atoms with van der Waals surface area (Å²) in [6, 6.07) is 16.8. The lowest BCUT2D eigenvalue weighted by atomic mass is 10.1. The predicted octanol–water partition coefficient (Wildman–Crippen LogP) is 7.58. The third-order valence-electron chi connectivity index (χ3n) is 4.80. The van der Waals surface area contributed by atoms with Gasteiger partial charge in [-0.1, -0.05) is 111 Å². The van der Waals surface area contributed by atoms with Crippen LogP contribution in [0, 0.1) is 0 Å². The molecule has 0 saturated carbocycles. The minimum absolute atomic E-state index is 0.328. The van der Waals surface area contributed by atoms with Crippen LogP contribution in [-0.4, -0.2) is 28.3 Å². The van der Waals surface area contributed by atoms with E-state index in [1.807, 2.05) is 52.8 Å². The number of nitrogens with zero attached hydrogens (tertiary/aromatic N) is 1. The number of para-hydroxylation sites is 1. The van der Waals surface area contributed by atoms with Gasteiger partial charge >= 0.3 is 0 Å². The second-order valence-electron chi connectivity index (χ2n) is 7.09. The van der Waals surface area contributed by atoms with Crippen LogP contribution in [0.25, 0.3) is 11.1 Å². The molecule has 0 bridgehead atoms. The number of carbonyl (C=O) groups excluding carboxylic acids is 1. The van der Waals surface area contributed by atoms with Crippen molar-refractivity contribution in [2.45, 2.75) is 51.5 Å². The fraction of sp³-hybridized carbons (Fsp3) is 0.375. The zero-order valence-corrected chi connectivity index (χ0v) is 19.6. The molecule has 1 heterocycles. The van der Waals surface area contributed by atoms with E-state index in [1.165, 1.54) is 44.1 Å². The second-order valence-corrected chi connectivity index (χ2v) is 9.15. The summed E-state index contributed by atoms with van der Waals surface area (Å²) < 4.78 is 2.51. The molecule has 0 fully saturated rings. The van der Waals surface area contributed by atoms with Crippen molar-refractivity contribution >= 4 is 41.4 Å². The standard InChI is InChI=1S/C12H19Cl2NOS.C12H10O/c1-2-3-4-5-6-7-8-15-10(9-16)11(13)12(14)17-15;13-12-9-5-4-8-11(12)10-6-2-1-3-7-10/h9-10H,2-8H2,1H3;1-9,13H. The summed E-state index contributed by atoms with van der Waals surface area (Å²) >= 11 is 13.3. The Hall–Kier alpha value is -1.46. The maximum absolute atomic E-state index is 10.9. The van der Waals surface area contributed by atoms with Crippen LogP contribution >= 0.6 is 35.1 Å². The van der Waals surface area contributed by atoms with Crippen LogP contribution < -0.4 is 0 Å². The second kappa shape index (κ2) is 13.8. The van der Waals surface area contributed by atoms with Gasteiger partial charge in [-0.05, 0) is 30.0 Å². The van der Waals surface area contributed by atoms with Gasteiger partial charge in [0, 0.05) is 12.1 Å². The maximum Gasteiger partial charge on any atom is 0.143 e. The molecule has 2 aromatic rings. The number of aldehydes is 1. The Labute approximate surface area is 194 Å². The summed E-state index contributed by atoms with van der Waals surface area (Å²) in [7, 11) is 0. The van der Waals surface area contributed by atoms with Crippen LogP contribution in [0.2, 0.25) is 0 Å². The Morgan fingerprint density at radius 1 is 0.967 bits per heavy atom. The van der Waals surface area contributed by atoms with Gasteiger partial charge in [0.05, 0.1) is 5.03 Å². The molecule has 1 unspecified atom stereocenters. The van der Waals surface area contributed by atoms with Crippen molar-refractivity contribution in [2.75, 3.05) is 6.54 Å². The first-order valence-corrected chi connectivity index (χ1v) is 11.9. The van der Waals surface area contributed by atoms with E-state index >= 15 is 0 Å². The van der Waals surface area contributed by atoms with Crippen molar-refractivity contribution in [3.63, 3.8) is 0 Å². The van der Waals surface area contributed by atoms with Gasteiger partial charge in [-0.15, -0.1) is 0 Å². The van der Waals surface area contributed by atoms with Crippen LogP contribution in [0.1, 0.15) is 45.4 Å². The Bertz CT molecular complexity index is 814. The molecule has 0 spiro atoms. The molecular weight excluding hydrogens is 437 g/mol. The first kappa shape index (κ1) is 24.8. The van der Waals surface area contributed by atoms with Gasteiger partial charge in [0.15, 0.2) is 0 Å². The summed E-state index contributed by atoms with van der Waals surface area (Å²) in [6.07, 6.45) is 8.32. The summed E-state index contributed by atoms with van der Waals surface area (Å²) in [4.78, 5) is 10.9. The first-order chi connectivity index (χ1) is 14.6. The molecule has 3 rings (SSSR count). The van der Waals surface area contributed by atoms with Gasteiger partial charge in [0.2, 0.25) is 0 Å². The zero-order chi connectivity index (χ0) is 21.8. The molecule has 1 N–H and O–H groups in total. The molecule has 0 saturated heterocycles. The number of carbonyl (C=O) groups is 1. The highest BCUT2D eigenvalue weighted by molar-refractivity contribution is 8.02. The molecule has 0 aliphatic carbocycles. The van der Waals surface area contributed by atoms with Crippen molar-refractivity contribution in [3.8, 4) is 16.9 Å². The molecule has 0 radical (unpaired) electrons. The molecule has 6 heteroatoms. The average Bonchev–Trinajstić information content (AvgIpc) is 3.04. The maximum atomic E-state index is 10.9. The smallest absolute Gasteiger partial charge is 0.143 e. The number of halogens is 2. The fourth-order valence-electron chi connectivity index (χ4n) is 3.14. The van der Waals surface area contributed by atoms with Gasteiger partial charge in [0.25, 0.3) is 0 Å². The lowest BCUT2D eigenvalue weighted by Crippen LogP contribution is -2.28. The van der Waals surface area contributed by atoms with E-state index in [0.29, 0.717) is 15.1 Å². The Morgan fingerprint density at radius 3 is 2.27 bits per heavy atom. The van der Waals surface area contributed by atoms with Crippen LogP contribution in [0.15, 0.2) is 64.0 Å². The number of hydrogen-bond donors (Lipinski definition) is 1. The predicted molar refractivity (Wildman–Crippen MR) is 130 cm³/mol. The molecule has 0 aromatic heterocycles. The van der Waals surface area contributed by atoms with Gasteiger partial charge in [-0.3, -0.25) is 0 Å². The van der Waals surface area contributed by atoms with Gasteiger partial charge in [-0.2, -0.15) is 0 Å². The Balaban J connectivity index is 0.000000220. The molecule has 1 aliphatic rings. The Kier molecular flexibility index (Phi) is 11.4. The fourth-order valence-corrected chi connectivity index (χ4v) is 4.75. The van der Waals surface area contributed by atoms with Crippen LogP contribution in [0.3, 0.4) is 0 Å². The number of benzene rings is 2. The van der Waals surface area contributed by atoms with Gasteiger partial charge in [-0.25, -0.2) is 4.31 Å². The third kappa shape index (κ3) is 7.66. The van der Waals surface area contributed by atoms with E-state index in [0.717, 1.165) is 30.4 Å². The first-order valence-electron chi connectivity index (χ1n) is 10.4. The highest BCUT2D eigenvalue weighted by Crippen LogP contribution is 2.41. The van der Waals surface area contributed by atoms with E-state index in [4.69, 9.17) is 23.2 Å². The van der Waals surface area contributed by atoms with Gasteiger partial charge in [0.1, 0.15) is 22.4 Å². The number of phenolic OH excluding ortho intramolecular Hbond substituents is 1. The minimum atomic E-state index is -0.343. The summed E-state index contributed by atoms with van der Waals surface area (Å²) in [6.45, 7) is 3.08. The number of unbranched alkanes of at least 4 members (excludes halogenated alkanes) is 5. The molecule has 3 nitrogen and oxygen atoms in total. The highest BCUT2D eigenvalue weighted by atomic mass is 35.5. The highest BCUT2D eigenvalue weighted by Gasteiger charge is 2.31. The number of rotatable bonds is 9. The summed E-state index contributed by atoms with van der Waals surface area (Å²) in [5.74, 6) is 0.328. The SMILES string of the molecule is CCCCCCCCN1SC(Cl)=C(Cl)C1C=O.Oc1ccccc1-c1ccccc1. The van der Waals surface area contributed by atoms with E-state index in [1.54, 1.807) is 6.07 Å². The van der Waals surface area contributed by atoms with Crippen molar-refractivity contribution in [3.05, 3.63) is 64.0 Å². The van der Waals surface area contributed by atoms with Crippen LogP contribution in [0.4, 0.5) is 0 Å². The molecule has 1 atom stereocenters. The number of aromatic hydroxyl groups is 1. The van der Waals surface area contributed by atoms with E-state index in [-0.39, 0.29) is 6.04 Å². The van der Waals surface area contributed by atoms with Crippen LogP contribution in [-0.2, 0) is 4.79 Å². The van der Waals surface area contributed by atoms with Gasteiger partial charge < -0.3 is 9.90 Å². The van der Waals surface area contributed by atoms with E-state index < -0.39 is 0 Å². The number of phenols is 1. The average molecular weight is 466 g/mol. The molecule has 2 aromatic carbocycles. The van der Waals surface area contributed by atoms with E-state index in [9.17, 15) is 9.90 Å². The summed E-state index contributed by atoms with van der Waals surface area (Å²) in [5, 5.41) is 10.0. The molecule has 162 valence electrons. The molecule has 0 amide bonds. The van der Waals surface area contributed by atoms with E-state index in [2.05, 4.69) is 6.92 Å². The van der Waals surface area contributed by atoms with Crippen molar-refractivity contribution in [2.24, 2.45) is 0 Å². The van der Waals surface area contributed by atoms with Crippen molar-refractivity contribution in [1.82, 2.24) is 4.31 Å². The molecule has 1 aliphatic heterocycles. The lowest BCUT2D eigenvalue weighted by Gasteiger charge is -2.18.